The van der Waals surface area contributed by atoms with Crippen molar-refractivity contribution in [1.29, 1.82) is 0 Å². The first-order chi connectivity index (χ1) is 11.1. The van der Waals surface area contributed by atoms with Gasteiger partial charge in [-0.3, -0.25) is 4.79 Å². The maximum absolute atomic E-state index is 13.3. The van der Waals surface area contributed by atoms with E-state index in [4.69, 9.17) is 16.3 Å². The Balaban J connectivity index is 1.58. The van der Waals surface area contributed by atoms with Gasteiger partial charge in [-0.05, 0) is 36.4 Å². The van der Waals surface area contributed by atoms with Gasteiger partial charge in [-0.2, -0.15) is 0 Å². The number of amides is 1. The summed E-state index contributed by atoms with van der Waals surface area (Å²) in [6.07, 6.45) is 0.194. The van der Waals surface area contributed by atoms with E-state index in [1.807, 2.05) is 24.3 Å². The fraction of sp³-hybridized carbons (Fsp3) is 0.235. The second kappa shape index (κ2) is 9.43. The second-order valence-corrected chi connectivity index (χ2v) is 6.29. The van der Waals surface area contributed by atoms with Crippen LogP contribution in [0.2, 0.25) is 5.02 Å². The number of ether oxygens (including phenoxy) is 1. The highest BCUT2D eigenvalue weighted by atomic mass is 35.5. The van der Waals surface area contributed by atoms with E-state index in [0.29, 0.717) is 11.6 Å². The molecule has 1 amide bonds. The van der Waals surface area contributed by atoms with Crippen molar-refractivity contribution < 1.29 is 13.9 Å². The standard InChI is InChI=1S/C17H17ClFNO2S/c18-13-5-7-14(8-6-13)23-12-10-20-17(21)9-11-22-16-4-2-1-3-15(16)19/h1-8H,9-12H2,(H,20,21). The lowest BCUT2D eigenvalue weighted by atomic mass is 10.3. The molecule has 0 aliphatic rings. The van der Waals surface area contributed by atoms with Crippen LogP contribution in [0.4, 0.5) is 4.39 Å². The summed E-state index contributed by atoms with van der Waals surface area (Å²) in [7, 11) is 0. The van der Waals surface area contributed by atoms with Gasteiger partial charge < -0.3 is 10.1 Å². The van der Waals surface area contributed by atoms with Gasteiger partial charge in [0.1, 0.15) is 0 Å². The van der Waals surface area contributed by atoms with Crippen molar-refractivity contribution in [3.05, 3.63) is 59.4 Å². The Morgan fingerprint density at radius 1 is 1.17 bits per heavy atom. The van der Waals surface area contributed by atoms with Crippen molar-refractivity contribution >= 4 is 29.3 Å². The Bertz CT molecular complexity index is 637. The summed E-state index contributed by atoms with van der Waals surface area (Å²) in [6, 6.07) is 13.7. The van der Waals surface area contributed by atoms with Crippen LogP contribution >= 0.6 is 23.4 Å². The number of para-hydroxylation sites is 1. The first kappa shape index (κ1) is 17.6. The molecule has 0 saturated carbocycles. The Hall–Kier alpha value is -1.72. The molecule has 2 aromatic carbocycles. The Morgan fingerprint density at radius 2 is 1.91 bits per heavy atom. The molecule has 2 rings (SSSR count). The highest BCUT2D eigenvalue weighted by molar-refractivity contribution is 7.99. The number of hydrogen-bond donors (Lipinski definition) is 1. The van der Waals surface area contributed by atoms with Crippen LogP contribution in [0.3, 0.4) is 0 Å². The van der Waals surface area contributed by atoms with Crippen molar-refractivity contribution in [2.45, 2.75) is 11.3 Å². The highest BCUT2D eigenvalue weighted by Crippen LogP contribution is 2.19. The number of hydrogen-bond acceptors (Lipinski definition) is 3. The maximum Gasteiger partial charge on any atom is 0.223 e. The van der Waals surface area contributed by atoms with Gasteiger partial charge >= 0.3 is 0 Å². The Labute approximate surface area is 144 Å². The van der Waals surface area contributed by atoms with Crippen LogP contribution in [0.5, 0.6) is 5.75 Å². The average molecular weight is 354 g/mol. The molecule has 1 N–H and O–H groups in total. The second-order valence-electron chi connectivity index (χ2n) is 4.68. The van der Waals surface area contributed by atoms with Gasteiger partial charge in [0.05, 0.1) is 13.0 Å². The molecule has 0 atom stereocenters. The minimum absolute atomic E-state index is 0.113. The maximum atomic E-state index is 13.3. The lowest BCUT2D eigenvalue weighted by Crippen LogP contribution is -2.27. The number of halogens is 2. The predicted octanol–water partition coefficient (Wildman–Crippen LogP) is 4.16. The number of nitrogens with one attached hydrogen (secondary N) is 1. The van der Waals surface area contributed by atoms with Gasteiger partial charge in [-0.25, -0.2) is 4.39 Å². The van der Waals surface area contributed by atoms with Crippen LogP contribution in [0.1, 0.15) is 6.42 Å². The first-order valence-corrected chi connectivity index (χ1v) is 8.54. The van der Waals surface area contributed by atoms with Gasteiger partial charge in [-0.1, -0.05) is 23.7 Å². The molecule has 0 spiro atoms. The Kier molecular flexibility index (Phi) is 7.23. The molecule has 0 unspecified atom stereocenters. The summed E-state index contributed by atoms with van der Waals surface area (Å²) >= 11 is 7.46. The van der Waals surface area contributed by atoms with Gasteiger partial charge in [-0.15, -0.1) is 11.8 Å². The number of rotatable bonds is 8. The lowest BCUT2D eigenvalue weighted by molar-refractivity contribution is -0.121. The van der Waals surface area contributed by atoms with Crippen molar-refractivity contribution in [3.63, 3.8) is 0 Å². The van der Waals surface area contributed by atoms with E-state index in [2.05, 4.69) is 5.32 Å². The summed E-state index contributed by atoms with van der Waals surface area (Å²) in [6.45, 7) is 0.711. The molecule has 0 bridgehead atoms. The van der Waals surface area contributed by atoms with E-state index in [1.165, 1.54) is 12.1 Å². The topological polar surface area (TPSA) is 38.3 Å². The molecule has 0 radical (unpaired) electrons. The molecule has 6 heteroatoms. The fourth-order valence-electron chi connectivity index (χ4n) is 1.79. The summed E-state index contributed by atoms with van der Waals surface area (Å²) < 4.78 is 18.6. The molecular formula is C17H17ClFNO2S. The zero-order chi connectivity index (χ0) is 16.5. The summed E-state index contributed by atoms with van der Waals surface area (Å²) in [4.78, 5) is 12.8. The Morgan fingerprint density at radius 3 is 2.65 bits per heavy atom. The molecule has 2 aromatic rings. The van der Waals surface area contributed by atoms with Crippen LogP contribution in [0.15, 0.2) is 53.4 Å². The fourth-order valence-corrected chi connectivity index (χ4v) is 2.69. The molecule has 0 fully saturated rings. The SMILES string of the molecule is O=C(CCOc1ccccc1F)NCCSc1ccc(Cl)cc1. The summed E-state index contributed by atoms with van der Waals surface area (Å²) in [5.74, 6) is 0.394. The van der Waals surface area contributed by atoms with Crippen LogP contribution in [-0.2, 0) is 4.79 Å². The molecule has 0 aromatic heterocycles. The highest BCUT2D eigenvalue weighted by Gasteiger charge is 2.04. The van der Waals surface area contributed by atoms with Crippen LogP contribution in [0.25, 0.3) is 0 Å². The van der Waals surface area contributed by atoms with Gasteiger partial charge in [0, 0.05) is 22.2 Å². The van der Waals surface area contributed by atoms with Crippen molar-refractivity contribution in [2.24, 2.45) is 0 Å². The number of thioether (sulfide) groups is 1. The largest absolute Gasteiger partial charge is 0.490 e. The third-order valence-corrected chi connectivity index (χ3v) is 4.20. The zero-order valence-corrected chi connectivity index (χ0v) is 14.0. The molecular weight excluding hydrogens is 337 g/mol. The van der Waals surface area contributed by atoms with E-state index >= 15 is 0 Å². The van der Waals surface area contributed by atoms with Crippen LogP contribution < -0.4 is 10.1 Å². The monoisotopic (exact) mass is 353 g/mol. The molecule has 23 heavy (non-hydrogen) atoms. The van der Waals surface area contributed by atoms with E-state index in [-0.39, 0.29) is 24.7 Å². The summed E-state index contributed by atoms with van der Waals surface area (Å²) in [5.41, 5.74) is 0. The van der Waals surface area contributed by atoms with E-state index in [1.54, 1.807) is 23.9 Å². The molecule has 3 nitrogen and oxygen atoms in total. The smallest absolute Gasteiger partial charge is 0.223 e. The third-order valence-electron chi connectivity index (χ3n) is 2.93. The van der Waals surface area contributed by atoms with Crippen molar-refractivity contribution in [3.8, 4) is 5.75 Å². The average Bonchev–Trinajstić information content (AvgIpc) is 2.55. The van der Waals surface area contributed by atoms with E-state index in [9.17, 15) is 9.18 Å². The predicted molar refractivity (Wildman–Crippen MR) is 91.7 cm³/mol. The lowest BCUT2D eigenvalue weighted by Gasteiger charge is -2.08. The van der Waals surface area contributed by atoms with Crippen molar-refractivity contribution in [2.75, 3.05) is 18.9 Å². The minimum Gasteiger partial charge on any atom is -0.490 e. The molecule has 122 valence electrons. The zero-order valence-electron chi connectivity index (χ0n) is 12.4. The minimum atomic E-state index is -0.424. The van der Waals surface area contributed by atoms with Gasteiger partial charge in [0.2, 0.25) is 5.91 Å². The molecule has 0 saturated heterocycles. The number of carbonyl (C=O) groups excluding carboxylic acids is 1. The quantitative estimate of drug-likeness (QED) is 0.572. The number of benzene rings is 2. The molecule has 0 aliphatic heterocycles. The molecule has 0 aliphatic carbocycles. The van der Waals surface area contributed by atoms with E-state index < -0.39 is 5.82 Å². The van der Waals surface area contributed by atoms with E-state index in [0.717, 1.165) is 10.6 Å². The normalized spacial score (nSPS) is 10.3. The van der Waals surface area contributed by atoms with Crippen molar-refractivity contribution in [1.82, 2.24) is 5.32 Å². The third kappa shape index (κ3) is 6.50. The van der Waals surface area contributed by atoms with Crippen LogP contribution in [-0.4, -0.2) is 24.8 Å². The van der Waals surface area contributed by atoms with Gasteiger partial charge in [0.15, 0.2) is 11.6 Å². The number of carbonyl (C=O) groups is 1. The van der Waals surface area contributed by atoms with Crippen LogP contribution in [0, 0.1) is 5.82 Å². The first-order valence-electron chi connectivity index (χ1n) is 7.17. The summed E-state index contributed by atoms with van der Waals surface area (Å²) in [5, 5.41) is 3.51. The van der Waals surface area contributed by atoms with Gasteiger partial charge in [0.25, 0.3) is 0 Å². The molecule has 0 heterocycles.